The van der Waals surface area contributed by atoms with Gasteiger partial charge in [0.2, 0.25) is 11.8 Å². The summed E-state index contributed by atoms with van der Waals surface area (Å²) in [5.74, 6) is -1.09. The van der Waals surface area contributed by atoms with E-state index in [4.69, 9.17) is 6.85 Å². The zero-order valence-corrected chi connectivity index (χ0v) is 15.9. The summed E-state index contributed by atoms with van der Waals surface area (Å²) in [6.07, 6.45) is 2.10. The van der Waals surface area contributed by atoms with Gasteiger partial charge in [0, 0.05) is 48.3 Å². The molecule has 2 aliphatic rings. The molecular formula is C22H27N3O2. The minimum absolute atomic E-state index is 0.000618. The molecule has 0 fully saturated rings. The van der Waals surface area contributed by atoms with Crippen LogP contribution in [0.25, 0.3) is 16.5 Å². The Morgan fingerprint density at radius 2 is 2.15 bits per heavy atom. The van der Waals surface area contributed by atoms with E-state index in [-0.39, 0.29) is 37.0 Å². The molecule has 0 spiro atoms. The first kappa shape index (κ1) is 12.9. The molecule has 1 aliphatic heterocycles. The maximum atomic E-state index is 13.2. The minimum atomic E-state index is -2.43. The summed E-state index contributed by atoms with van der Waals surface area (Å²) >= 11 is 0. The van der Waals surface area contributed by atoms with Crippen molar-refractivity contribution < 1.29 is 16.4 Å². The molecule has 2 aromatic rings. The maximum absolute atomic E-state index is 13.2. The lowest BCUT2D eigenvalue weighted by Crippen LogP contribution is -2.47. The molecule has 0 N–H and O–H groups in total. The number of likely N-dealkylation sites (N-methyl/N-ethyl adjacent to an activating group) is 1. The van der Waals surface area contributed by atoms with Crippen LogP contribution >= 0.6 is 0 Å². The van der Waals surface area contributed by atoms with E-state index in [2.05, 4.69) is 0 Å². The Balaban J connectivity index is 1.97. The van der Waals surface area contributed by atoms with Gasteiger partial charge in [0.25, 0.3) is 0 Å². The third kappa shape index (κ3) is 2.72. The normalized spacial score (nSPS) is 24.9. The van der Waals surface area contributed by atoms with Gasteiger partial charge in [0.15, 0.2) is 0 Å². The fraction of sp³-hybridized carbons (Fsp3) is 0.455. The molecule has 5 heteroatoms. The molecule has 4 rings (SSSR count). The number of hydrogen-bond donors (Lipinski definition) is 0. The molecule has 2 heterocycles. The Morgan fingerprint density at radius 1 is 1.37 bits per heavy atom. The number of fused-ring (bicyclic) bond motifs is 2. The highest BCUT2D eigenvalue weighted by Gasteiger charge is 2.37. The molecule has 1 aromatic carbocycles. The molecule has 0 saturated carbocycles. The smallest absolute Gasteiger partial charge is 0.230 e. The molecule has 0 radical (unpaired) electrons. The summed E-state index contributed by atoms with van der Waals surface area (Å²) in [6.45, 7) is 3.86. The quantitative estimate of drug-likeness (QED) is 0.834. The monoisotopic (exact) mass is 370 g/mol. The van der Waals surface area contributed by atoms with Gasteiger partial charge in [0.05, 0.1) is 14.2 Å². The molecule has 1 amide bonds. The van der Waals surface area contributed by atoms with Crippen LogP contribution < -0.4 is 0 Å². The lowest BCUT2D eigenvalue weighted by molar-refractivity contribution is -0.134. The van der Waals surface area contributed by atoms with Gasteiger partial charge in [0.1, 0.15) is 0 Å². The number of hydrogen-bond acceptors (Lipinski definition) is 3. The SMILES string of the molecule is [2H]c1ccc2c3c(c([2H])n(C(C)=O)c13)C[C@@H]1C2=C[C@@H](C(=O)N(CC)CC)CN1C([2H])([2H])[2H]. The molecular weight excluding hydrogens is 338 g/mol. The molecule has 5 nitrogen and oxygen atoms in total. The van der Waals surface area contributed by atoms with Crippen LogP contribution in [0.2, 0.25) is 0 Å². The van der Waals surface area contributed by atoms with Crippen LogP contribution in [0.4, 0.5) is 0 Å². The van der Waals surface area contributed by atoms with Crippen molar-refractivity contribution in [2.45, 2.75) is 33.2 Å². The highest BCUT2D eigenvalue weighted by atomic mass is 16.2. The van der Waals surface area contributed by atoms with Crippen molar-refractivity contribution >= 4 is 28.3 Å². The first-order valence-electron chi connectivity index (χ1n) is 11.9. The second-order valence-electron chi connectivity index (χ2n) is 7.17. The van der Waals surface area contributed by atoms with Gasteiger partial charge in [-0.2, -0.15) is 0 Å². The van der Waals surface area contributed by atoms with Gasteiger partial charge in [-0.15, -0.1) is 0 Å². The van der Waals surface area contributed by atoms with Crippen LogP contribution in [-0.2, 0) is 11.2 Å². The Hall–Kier alpha value is -2.40. The van der Waals surface area contributed by atoms with Crippen LogP contribution in [0.15, 0.2) is 30.4 Å². The van der Waals surface area contributed by atoms with Gasteiger partial charge in [-0.1, -0.05) is 18.2 Å². The van der Waals surface area contributed by atoms with Crippen molar-refractivity contribution in [2.75, 3.05) is 26.6 Å². The third-order valence-corrected chi connectivity index (χ3v) is 5.67. The number of rotatable bonds is 3. The van der Waals surface area contributed by atoms with E-state index < -0.39 is 18.9 Å². The van der Waals surface area contributed by atoms with Crippen molar-refractivity contribution in [3.63, 3.8) is 0 Å². The van der Waals surface area contributed by atoms with E-state index in [1.807, 2.05) is 19.9 Å². The molecule has 0 bridgehead atoms. The van der Waals surface area contributed by atoms with Crippen LogP contribution in [0, 0.1) is 5.92 Å². The van der Waals surface area contributed by atoms with E-state index >= 15 is 0 Å². The molecule has 0 saturated heterocycles. The first-order valence-corrected chi connectivity index (χ1v) is 9.43. The first-order chi connectivity index (χ1) is 15.0. The predicted octanol–water partition coefficient (Wildman–Crippen LogP) is 3.04. The van der Waals surface area contributed by atoms with Crippen LogP contribution in [0.5, 0.6) is 0 Å². The second kappa shape index (κ2) is 6.64. The van der Waals surface area contributed by atoms with E-state index in [0.717, 1.165) is 5.57 Å². The van der Waals surface area contributed by atoms with Gasteiger partial charge in [-0.3, -0.25) is 19.1 Å². The molecule has 142 valence electrons. The van der Waals surface area contributed by atoms with Crippen molar-refractivity contribution in [3.05, 3.63) is 41.6 Å². The highest BCUT2D eigenvalue weighted by Crippen LogP contribution is 2.41. The number of benzene rings is 1. The van der Waals surface area contributed by atoms with Crippen molar-refractivity contribution in [1.82, 2.24) is 14.4 Å². The summed E-state index contributed by atoms with van der Waals surface area (Å²) in [5, 5.41) is 0.640. The number of carbonyl (C=O) groups excluding carboxylic acids is 2. The number of carbonyl (C=O) groups is 2. The second-order valence-corrected chi connectivity index (χ2v) is 7.17. The lowest BCUT2D eigenvalue weighted by atomic mass is 9.79. The lowest BCUT2D eigenvalue weighted by Gasteiger charge is -2.40. The van der Waals surface area contributed by atoms with E-state index in [9.17, 15) is 9.59 Å². The van der Waals surface area contributed by atoms with Crippen LogP contribution in [-0.4, -0.2) is 58.8 Å². The van der Waals surface area contributed by atoms with E-state index in [1.54, 1.807) is 17.0 Å². The van der Waals surface area contributed by atoms with Crippen molar-refractivity contribution in [1.29, 1.82) is 0 Å². The molecule has 2 atom stereocenters. The summed E-state index contributed by atoms with van der Waals surface area (Å²) in [5.41, 5.74) is 2.36. The molecule has 1 aromatic heterocycles. The third-order valence-electron chi connectivity index (χ3n) is 5.67. The van der Waals surface area contributed by atoms with E-state index in [1.165, 1.54) is 16.4 Å². The molecule has 1 aliphatic carbocycles. The van der Waals surface area contributed by atoms with Gasteiger partial charge >= 0.3 is 0 Å². The largest absolute Gasteiger partial charge is 0.343 e. The fourth-order valence-electron chi connectivity index (χ4n) is 4.33. The Morgan fingerprint density at radius 3 is 2.81 bits per heavy atom. The Bertz CT molecular complexity index is 1150. The highest BCUT2D eigenvalue weighted by molar-refractivity contribution is 6.03. The van der Waals surface area contributed by atoms with Gasteiger partial charge in [-0.05, 0) is 50.0 Å². The minimum Gasteiger partial charge on any atom is -0.343 e. The van der Waals surface area contributed by atoms with Crippen LogP contribution in [0.3, 0.4) is 0 Å². The topological polar surface area (TPSA) is 45.6 Å². The number of aromatic nitrogens is 1. The maximum Gasteiger partial charge on any atom is 0.230 e. The molecule has 0 unspecified atom stereocenters. The van der Waals surface area contributed by atoms with Crippen molar-refractivity contribution in [2.24, 2.45) is 5.92 Å². The number of nitrogens with zero attached hydrogens (tertiary/aromatic N) is 3. The summed E-state index contributed by atoms with van der Waals surface area (Å²) in [6, 6.07) is 2.91. The van der Waals surface area contributed by atoms with Gasteiger partial charge in [-0.25, -0.2) is 0 Å². The zero-order chi connectivity index (χ0) is 23.5. The average Bonchev–Trinajstić information content (AvgIpc) is 3.03. The van der Waals surface area contributed by atoms with Gasteiger partial charge < -0.3 is 4.90 Å². The average molecular weight is 371 g/mol. The van der Waals surface area contributed by atoms with E-state index in [0.29, 0.717) is 35.1 Å². The van der Waals surface area contributed by atoms with Crippen molar-refractivity contribution in [3.8, 4) is 0 Å². The van der Waals surface area contributed by atoms with Crippen LogP contribution in [0.1, 0.15) is 43.5 Å². The molecule has 27 heavy (non-hydrogen) atoms. The standard InChI is InChI=1S/C22H27N3O2/c1-5-24(6-2)22(27)16-10-18-17-8-7-9-19-21(17)15(13-25(19)14(3)26)11-20(18)23(4)12-16/h7-10,13,16,20H,5-6,11-12H2,1-4H3/t16-,20-/m1/s1/i4D3,9D,13D. The summed E-state index contributed by atoms with van der Waals surface area (Å²) in [4.78, 5) is 28.5. The Labute approximate surface area is 167 Å². The zero-order valence-electron chi connectivity index (χ0n) is 20.9. The number of amides is 1. The summed E-state index contributed by atoms with van der Waals surface area (Å²) < 4.78 is 42.6. The fourth-order valence-corrected chi connectivity index (χ4v) is 4.33. The Kier molecular flexibility index (Phi) is 3.17. The predicted molar refractivity (Wildman–Crippen MR) is 108 cm³/mol. The summed E-state index contributed by atoms with van der Waals surface area (Å²) in [7, 11) is 0.